The molecule has 4 heteroatoms. The quantitative estimate of drug-likeness (QED) is 0.907. The van der Waals surface area contributed by atoms with Crippen molar-refractivity contribution in [2.75, 3.05) is 19.5 Å². The maximum absolute atomic E-state index is 5.18. The molecule has 4 nitrogen and oxygen atoms in total. The highest BCUT2D eigenvalue weighted by molar-refractivity contribution is 5.38. The minimum Gasteiger partial charge on any atom is -0.481 e. The summed E-state index contributed by atoms with van der Waals surface area (Å²) in [4.78, 5) is 7.04. The van der Waals surface area contributed by atoms with Crippen molar-refractivity contribution in [3.63, 3.8) is 0 Å². The molecule has 19 heavy (non-hydrogen) atoms. The van der Waals surface area contributed by atoms with E-state index in [9.17, 15) is 0 Å². The maximum Gasteiger partial charge on any atom is 0.214 e. The van der Waals surface area contributed by atoms with Gasteiger partial charge < -0.3 is 15.0 Å². The molecule has 2 unspecified atom stereocenters. The molecule has 0 radical (unpaired) electrons. The van der Waals surface area contributed by atoms with E-state index in [-0.39, 0.29) is 0 Å². The average molecular weight is 261 g/mol. The molecule has 2 atom stereocenters. The third-order valence-electron chi connectivity index (χ3n) is 4.62. The number of hydrogen-bond acceptors (Lipinski definition) is 4. The first-order valence-electron chi connectivity index (χ1n) is 7.26. The Balaban J connectivity index is 1.67. The number of anilines is 1. The molecule has 2 bridgehead atoms. The summed E-state index contributed by atoms with van der Waals surface area (Å²) in [5, 5.41) is 3.59. The monoisotopic (exact) mass is 261 g/mol. The van der Waals surface area contributed by atoms with Crippen LogP contribution in [0.3, 0.4) is 0 Å². The van der Waals surface area contributed by atoms with E-state index in [2.05, 4.69) is 22.2 Å². The van der Waals surface area contributed by atoms with E-state index in [0.29, 0.717) is 11.9 Å². The molecule has 2 aliphatic heterocycles. The number of pyridine rings is 1. The van der Waals surface area contributed by atoms with Gasteiger partial charge in [0.05, 0.1) is 7.11 Å². The van der Waals surface area contributed by atoms with Gasteiger partial charge in [-0.2, -0.15) is 4.98 Å². The minimum absolute atomic E-state index is 0.547. The smallest absolute Gasteiger partial charge is 0.214 e. The van der Waals surface area contributed by atoms with Crippen LogP contribution in [0, 0.1) is 0 Å². The summed E-state index contributed by atoms with van der Waals surface area (Å²) in [6.07, 6.45) is 6.54. The SMILES string of the molecule is COc1cccc(NC2CC3CCCC(C2)N3C)n1. The largest absolute Gasteiger partial charge is 0.481 e. The first-order chi connectivity index (χ1) is 9.26. The van der Waals surface area contributed by atoms with Crippen LogP contribution in [0.15, 0.2) is 18.2 Å². The highest BCUT2D eigenvalue weighted by atomic mass is 16.5. The summed E-state index contributed by atoms with van der Waals surface area (Å²) in [5.41, 5.74) is 0. The summed E-state index contributed by atoms with van der Waals surface area (Å²) in [5.74, 6) is 1.62. The Kier molecular flexibility index (Phi) is 3.60. The molecule has 3 rings (SSSR count). The summed E-state index contributed by atoms with van der Waals surface area (Å²) in [6.45, 7) is 0. The maximum atomic E-state index is 5.18. The summed E-state index contributed by atoms with van der Waals surface area (Å²) in [7, 11) is 3.95. The first-order valence-corrected chi connectivity index (χ1v) is 7.26. The Morgan fingerprint density at radius 3 is 2.68 bits per heavy atom. The van der Waals surface area contributed by atoms with E-state index in [1.807, 2.05) is 18.2 Å². The molecular formula is C15H23N3O. The number of ether oxygens (including phenoxy) is 1. The van der Waals surface area contributed by atoms with Crippen molar-refractivity contribution < 1.29 is 4.74 Å². The fourth-order valence-corrected chi connectivity index (χ4v) is 3.55. The lowest BCUT2D eigenvalue weighted by Crippen LogP contribution is -2.52. The highest BCUT2D eigenvalue weighted by Crippen LogP contribution is 2.33. The van der Waals surface area contributed by atoms with Gasteiger partial charge in [0.15, 0.2) is 0 Å². The van der Waals surface area contributed by atoms with Crippen molar-refractivity contribution in [2.45, 2.75) is 50.2 Å². The van der Waals surface area contributed by atoms with Crippen LogP contribution in [-0.2, 0) is 0 Å². The second kappa shape index (κ2) is 5.37. The molecule has 0 amide bonds. The van der Waals surface area contributed by atoms with Crippen molar-refractivity contribution in [3.8, 4) is 5.88 Å². The molecule has 3 heterocycles. The van der Waals surface area contributed by atoms with Gasteiger partial charge in [0.25, 0.3) is 0 Å². The van der Waals surface area contributed by atoms with Crippen LogP contribution in [0.5, 0.6) is 5.88 Å². The van der Waals surface area contributed by atoms with Crippen LogP contribution in [0.1, 0.15) is 32.1 Å². The van der Waals surface area contributed by atoms with E-state index >= 15 is 0 Å². The lowest BCUT2D eigenvalue weighted by Gasteiger charge is -2.47. The van der Waals surface area contributed by atoms with Gasteiger partial charge >= 0.3 is 0 Å². The molecule has 0 spiro atoms. The summed E-state index contributed by atoms with van der Waals surface area (Å²) >= 11 is 0. The Morgan fingerprint density at radius 2 is 2.00 bits per heavy atom. The molecule has 2 aliphatic rings. The van der Waals surface area contributed by atoms with Crippen LogP contribution < -0.4 is 10.1 Å². The molecule has 0 aliphatic carbocycles. The van der Waals surface area contributed by atoms with Gasteiger partial charge in [-0.25, -0.2) is 0 Å². The average Bonchev–Trinajstić information content (AvgIpc) is 2.40. The summed E-state index contributed by atoms with van der Waals surface area (Å²) < 4.78 is 5.18. The van der Waals surface area contributed by atoms with Crippen molar-refractivity contribution in [3.05, 3.63) is 18.2 Å². The number of piperidine rings is 2. The molecule has 104 valence electrons. The van der Waals surface area contributed by atoms with E-state index < -0.39 is 0 Å². The topological polar surface area (TPSA) is 37.4 Å². The third kappa shape index (κ3) is 2.68. The van der Waals surface area contributed by atoms with E-state index in [4.69, 9.17) is 4.74 Å². The van der Waals surface area contributed by atoms with Crippen molar-refractivity contribution in [2.24, 2.45) is 0 Å². The van der Waals surface area contributed by atoms with Crippen LogP contribution in [0.25, 0.3) is 0 Å². The predicted octanol–water partition coefficient (Wildman–Crippen LogP) is 2.52. The van der Waals surface area contributed by atoms with Gasteiger partial charge in [-0.1, -0.05) is 12.5 Å². The van der Waals surface area contributed by atoms with Crippen LogP contribution >= 0.6 is 0 Å². The second-order valence-corrected chi connectivity index (χ2v) is 5.78. The molecule has 0 aromatic carbocycles. The lowest BCUT2D eigenvalue weighted by atomic mass is 9.82. The number of nitrogens with one attached hydrogen (secondary N) is 1. The van der Waals surface area contributed by atoms with E-state index in [1.165, 1.54) is 32.1 Å². The highest BCUT2D eigenvalue weighted by Gasteiger charge is 2.35. The minimum atomic E-state index is 0.547. The van der Waals surface area contributed by atoms with Gasteiger partial charge in [0.2, 0.25) is 5.88 Å². The normalized spacial score (nSPS) is 30.9. The van der Waals surface area contributed by atoms with Crippen LogP contribution in [0.4, 0.5) is 5.82 Å². The number of rotatable bonds is 3. The number of hydrogen-bond donors (Lipinski definition) is 1. The Labute approximate surface area is 115 Å². The van der Waals surface area contributed by atoms with E-state index in [1.54, 1.807) is 7.11 Å². The van der Waals surface area contributed by atoms with Gasteiger partial charge in [-0.15, -0.1) is 0 Å². The zero-order chi connectivity index (χ0) is 13.2. The van der Waals surface area contributed by atoms with Crippen molar-refractivity contribution in [1.82, 2.24) is 9.88 Å². The predicted molar refractivity (Wildman–Crippen MR) is 76.6 cm³/mol. The van der Waals surface area contributed by atoms with Gasteiger partial charge in [-0.05, 0) is 38.8 Å². The lowest BCUT2D eigenvalue weighted by molar-refractivity contribution is 0.0608. The molecule has 2 saturated heterocycles. The van der Waals surface area contributed by atoms with Gasteiger partial charge in [0, 0.05) is 24.2 Å². The standard InChI is InChI=1S/C15H23N3O/c1-18-12-5-3-6-13(18)10-11(9-12)16-14-7-4-8-15(17-14)19-2/h4,7-8,11-13H,3,5-6,9-10H2,1-2H3,(H,16,17). The Morgan fingerprint density at radius 1 is 1.26 bits per heavy atom. The zero-order valence-corrected chi connectivity index (χ0v) is 11.8. The molecular weight excluding hydrogens is 238 g/mol. The molecule has 0 saturated carbocycles. The summed E-state index contributed by atoms with van der Waals surface area (Å²) in [6, 6.07) is 7.94. The fourth-order valence-electron chi connectivity index (χ4n) is 3.55. The molecule has 2 fully saturated rings. The number of nitrogens with zero attached hydrogens (tertiary/aromatic N) is 2. The number of fused-ring (bicyclic) bond motifs is 2. The zero-order valence-electron chi connectivity index (χ0n) is 11.8. The van der Waals surface area contributed by atoms with E-state index in [0.717, 1.165) is 17.9 Å². The van der Waals surface area contributed by atoms with Gasteiger partial charge in [0.1, 0.15) is 5.82 Å². The molecule has 1 aromatic heterocycles. The van der Waals surface area contributed by atoms with Crippen LogP contribution in [-0.4, -0.2) is 42.2 Å². The number of aromatic nitrogens is 1. The Bertz CT molecular complexity index is 423. The van der Waals surface area contributed by atoms with Crippen LogP contribution in [0.2, 0.25) is 0 Å². The van der Waals surface area contributed by atoms with Gasteiger partial charge in [-0.3, -0.25) is 0 Å². The first kappa shape index (κ1) is 12.7. The third-order valence-corrected chi connectivity index (χ3v) is 4.62. The van der Waals surface area contributed by atoms with Crippen molar-refractivity contribution in [1.29, 1.82) is 0 Å². The number of methoxy groups -OCH3 is 1. The Hall–Kier alpha value is -1.29. The molecule has 1 N–H and O–H groups in total. The van der Waals surface area contributed by atoms with Crippen molar-refractivity contribution >= 4 is 5.82 Å². The molecule has 1 aromatic rings. The fraction of sp³-hybridized carbons (Fsp3) is 0.667. The second-order valence-electron chi connectivity index (χ2n) is 5.78.